The lowest BCUT2D eigenvalue weighted by Crippen LogP contribution is -2.40. The molecule has 2 aromatic heterocycles. The molecular formula is C19H20N4O3. The summed E-state index contributed by atoms with van der Waals surface area (Å²) in [5.41, 5.74) is 1.70. The van der Waals surface area contributed by atoms with Crippen molar-refractivity contribution in [2.75, 3.05) is 32.8 Å². The molecule has 0 unspecified atom stereocenters. The number of Topliss-reactive ketones (excluding diaryl/α,β-unsaturated/α-hetero) is 1. The third-order valence-corrected chi connectivity index (χ3v) is 4.40. The number of aryl methyl sites for hydroxylation is 1. The smallest absolute Gasteiger partial charge is 0.191 e. The highest BCUT2D eigenvalue weighted by atomic mass is 16.5. The standard InChI is InChI=1S/C19H20N4O3/c1-13-20-11-18(26-13)14-2-3-15-10-21-19(22-17(15)8-14)9-16(24)12-23-4-6-25-7-5-23/h2-3,8,10-11H,4-7,9,12H2,1H3. The summed E-state index contributed by atoms with van der Waals surface area (Å²) in [5, 5.41) is 0.925. The van der Waals surface area contributed by atoms with Crippen molar-refractivity contribution in [3.63, 3.8) is 0 Å². The number of morpholine rings is 1. The number of ketones is 1. The fourth-order valence-electron chi connectivity index (χ4n) is 3.04. The minimum Gasteiger partial charge on any atom is -0.441 e. The topological polar surface area (TPSA) is 81.4 Å². The fourth-order valence-corrected chi connectivity index (χ4v) is 3.04. The number of fused-ring (bicyclic) bond motifs is 1. The van der Waals surface area contributed by atoms with E-state index in [1.807, 2.05) is 25.1 Å². The maximum atomic E-state index is 12.3. The van der Waals surface area contributed by atoms with Crippen LogP contribution in [0.3, 0.4) is 0 Å². The quantitative estimate of drug-likeness (QED) is 0.695. The highest BCUT2D eigenvalue weighted by molar-refractivity contribution is 5.84. The number of hydrogen-bond acceptors (Lipinski definition) is 7. The van der Waals surface area contributed by atoms with Crippen LogP contribution in [-0.2, 0) is 16.0 Å². The van der Waals surface area contributed by atoms with Gasteiger partial charge < -0.3 is 9.15 Å². The van der Waals surface area contributed by atoms with E-state index in [2.05, 4.69) is 19.9 Å². The van der Waals surface area contributed by atoms with Crippen LogP contribution in [-0.4, -0.2) is 58.5 Å². The summed E-state index contributed by atoms with van der Waals surface area (Å²) in [6.45, 7) is 5.19. The molecular weight excluding hydrogens is 332 g/mol. The number of aromatic nitrogens is 3. The van der Waals surface area contributed by atoms with Gasteiger partial charge in [0.2, 0.25) is 0 Å². The molecule has 134 valence electrons. The van der Waals surface area contributed by atoms with Crippen LogP contribution < -0.4 is 0 Å². The summed E-state index contributed by atoms with van der Waals surface area (Å²) in [6, 6.07) is 5.84. The van der Waals surface area contributed by atoms with Gasteiger partial charge >= 0.3 is 0 Å². The van der Waals surface area contributed by atoms with Crippen LogP contribution in [0.15, 0.2) is 35.0 Å². The molecule has 7 heteroatoms. The Hall–Kier alpha value is -2.64. The van der Waals surface area contributed by atoms with E-state index in [0.29, 0.717) is 37.2 Å². The number of nitrogens with zero attached hydrogens (tertiary/aromatic N) is 4. The van der Waals surface area contributed by atoms with Crippen LogP contribution in [0.5, 0.6) is 0 Å². The van der Waals surface area contributed by atoms with Crippen LogP contribution in [0, 0.1) is 6.92 Å². The molecule has 0 saturated carbocycles. The molecule has 3 heterocycles. The summed E-state index contributed by atoms with van der Waals surface area (Å²) in [5.74, 6) is 1.99. The average Bonchev–Trinajstić information content (AvgIpc) is 3.08. The minimum absolute atomic E-state index is 0.119. The van der Waals surface area contributed by atoms with Gasteiger partial charge in [0.25, 0.3) is 0 Å². The normalized spacial score (nSPS) is 15.4. The largest absolute Gasteiger partial charge is 0.441 e. The van der Waals surface area contributed by atoms with E-state index in [1.54, 1.807) is 12.4 Å². The first-order chi connectivity index (χ1) is 12.7. The van der Waals surface area contributed by atoms with E-state index in [9.17, 15) is 4.79 Å². The zero-order chi connectivity index (χ0) is 17.9. The van der Waals surface area contributed by atoms with Gasteiger partial charge in [0.15, 0.2) is 17.4 Å². The molecule has 0 aliphatic carbocycles. The Morgan fingerprint density at radius 2 is 2.04 bits per heavy atom. The highest BCUT2D eigenvalue weighted by Gasteiger charge is 2.15. The number of carbonyl (C=O) groups is 1. The summed E-state index contributed by atoms with van der Waals surface area (Å²) < 4.78 is 10.9. The molecule has 0 atom stereocenters. The van der Waals surface area contributed by atoms with Crippen molar-refractivity contribution < 1.29 is 13.9 Å². The molecule has 7 nitrogen and oxygen atoms in total. The van der Waals surface area contributed by atoms with E-state index in [1.165, 1.54) is 0 Å². The van der Waals surface area contributed by atoms with Crippen molar-refractivity contribution >= 4 is 16.7 Å². The van der Waals surface area contributed by atoms with Crippen molar-refractivity contribution in [2.24, 2.45) is 0 Å². The van der Waals surface area contributed by atoms with Crippen molar-refractivity contribution in [1.29, 1.82) is 0 Å². The molecule has 1 saturated heterocycles. The number of carbonyl (C=O) groups excluding carboxylic acids is 1. The molecule has 1 aromatic carbocycles. The lowest BCUT2D eigenvalue weighted by atomic mass is 10.1. The number of benzene rings is 1. The van der Waals surface area contributed by atoms with Crippen LogP contribution >= 0.6 is 0 Å². The second-order valence-corrected chi connectivity index (χ2v) is 6.41. The predicted octanol–water partition coefficient (Wildman–Crippen LogP) is 2.04. The van der Waals surface area contributed by atoms with Gasteiger partial charge in [0.1, 0.15) is 5.82 Å². The zero-order valence-corrected chi connectivity index (χ0v) is 14.6. The van der Waals surface area contributed by atoms with Crippen LogP contribution in [0.1, 0.15) is 11.7 Å². The van der Waals surface area contributed by atoms with Gasteiger partial charge in [-0.1, -0.05) is 12.1 Å². The summed E-state index contributed by atoms with van der Waals surface area (Å²) in [4.78, 5) is 27.5. The summed E-state index contributed by atoms with van der Waals surface area (Å²) in [7, 11) is 0. The van der Waals surface area contributed by atoms with Gasteiger partial charge in [-0.3, -0.25) is 9.69 Å². The molecule has 1 aliphatic heterocycles. The number of rotatable bonds is 5. The van der Waals surface area contributed by atoms with E-state index in [-0.39, 0.29) is 12.2 Å². The summed E-state index contributed by atoms with van der Waals surface area (Å²) in [6.07, 6.45) is 3.69. The van der Waals surface area contributed by atoms with Gasteiger partial charge in [-0.25, -0.2) is 15.0 Å². The van der Waals surface area contributed by atoms with Crippen molar-refractivity contribution in [2.45, 2.75) is 13.3 Å². The number of oxazole rings is 1. The average molecular weight is 352 g/mol. The van der Waals surface area contributed by atoms with Crippen LogP contribution in [0.25, 0.3) is 22.2 Å². The lowest BCUT2D eigenvalue weighted by molar-refractivity contribution is -0.120. The Bertz CT molecular complexity index is 931. The molecule has 0 radical (unpaired) electrons. The highest BCUT2D eigenvalue weighted by Crippen LogP contribution is 2.24. The predicted molar refractivity (Wildman–Crippen MR) is 95.7 cm³/mol. The zero-order valence-electron chi connectivity index (χ0n) is 14.6. The van der Waals surface area contributed by atoms with Crippen molar-refractivity contribution in [3.8, 4) is 11.3 Å². The maximum Gasteiger partial charge on any atom is 0.191 e. The fraction of sp³-hybridized carbons (Fsp3) is 0.368. The van der Waals surface area contributed by atoms with Crippen molar-refractivity contribution in [1.82, 2.24) is 19.9 Å². The van der Waals surface area contributed by atoms with Gasteiger partial charge in [-0.2, -0.15) is 0 Å². The SMILES string of the molecule is Cc1ncc(-c2ccc3cnc(CC(=O)CN4CCOCC4)nc3c2)o1. The minimum atomic E-state index is 0.119. The first kappa shape index (κ1) is 16.8. The Balaban J connectivity index is 1.51. The maximum absolute atomic E-state index is 12.3. The molecule has 1 aliphatic rings. The Labute approximate surface area is 151 Å². The van der Waals surface area contributed by atoms with Crippen molar-refractivity contribution in [3.05, 3.63) is 42.3 Å². The number of hydrogen-bond donors (Lipinski definition) is 0. The van der Waals surface area contributed by atoms with Gasteiger partial charge in [-0.05, 0) is 6.07 Å². The molecule has 26 heavy (non-hydrogen) atoms. The molecule has 0 amide bonds. The molecule has 1 fully saturated rings. The summed E-state index contributed by atoms with van der Waals surface area (Å²) >= 11 is 0. The van der Waals surface area contributed by atoms with E-state index in [0.717, 1.165) is 29.6 Å². The Morgan fingerprint density at radius 3 is 2.81 bits per heavy atom. The molecule has 0 N–H and O–H groups in total. The first-order valence-corrected chi connectivity index (χ1v) is 8.68. The Morgan fingerprint density at radius 1 is 1.19 bits per heavy atom. The monoisotopic (exact) mass is 352 g/mol. The second kappa shape index (κ2) is 7.31. The van der Waals surface area contributed by atoms with Gasteiger partial charge in [0.05, 0.1) is 37.9 Å². The van der Waals surface area contributed by atoms with Crippen LogP contribution in [0.2, 0.25) is 0 Å². The molecule has 0 bridgehead atoms. The Kier molecular flexibility index (Phi) is 4.73. The lowest BCUT2D eigenvalue weighted by Gasteiger charge is -2.25. The second-order valence-electron chi connectivity index (χ2n) is 6.41. The van der Waals surface area contributed by atoms with E-state index in [4.69, 9.17) is 9.15 Å². The van der Waals surface area contributed by atoms with E-state index < -0.39 is 0 Å². The van der Waals surface area contributed by atoms with Gasteiger partial charge in [-0.15, -0.1) is 0 Å². The third kappa shape index (κ3) is 3.79. The van der Waals surface area contributed by atoms with Crippen LogP contribution in [0.4, 0.5) is 0 Å². The molecule has 4 rings (SSSR count). The van der Waals surface area contributed by atoms with Gasteiger partial charge in [0, 0.05) is 37.2 Å². The molecule has 3 aromatic rings. The third-order valence-electron chi connectivity index (χ3n) is 4.40. The first-order valence-electron chi connectivity index (χ1n) is 8.68. The number of ether oxygens (including phenoxy) is 1. The van der Waals surface area contributed by atoms with E-state index >= 15 is 0 Å². The molecule has 0 spiro atoms.